The van der Waals surface area contributed by atoms with Crippen molar-refractivity contribution in [3.63, 3.8) is 0 Å². The van der Waals surface area contributed by atoms with E-state index in [0.29, 0.717) is 44.1 Å². The maximum Gasteiger partial charge on any atom is 0.315 e. The summed E-state index contributed by atoms with van der Waals surface area (Å²) in [5.41, 5.74) is 7.37. The fourth-order valence-electron chi connectivity index (χ4n) is 8.28. The number of piperidine rings is 1. The predicted molar refractivity (Wildman–Crippen MR) is 226 cm³/mol. The summed E-state index contributed by atoms with van der Waals surface area (Å²) in [5, 5.41) is 17.8. The summed E-state index contributed by atoms with van der Waals surface area (Å²) in [6, 6.07) is 22.5. The molecule has 0 aliphatic carbocycles. The zero-order valence-corrected chi connectivity index (χ0v) is 34.7. The molecule has 3 aliphatic rings. The average molecular weight is 838 g/mol. The van der Waals surface area contributed by atoms with E-state index in [0.717, 1.165) is 55.0 Å². The SMILES string of the molecule is Cc1cc(-c2n[nH]c3ccc(-c4ccc(N5CCN(Cc6ccc7c(c6F)C(=O)N(C6CCC(=O)NC6=O)C7=O)CC5)cc4)cc23)ccc1CNC(=O)c1nc(C(C)(C)C)no1. The van der Waals surface area contributed by atoms with Crippen LogP contribution in [0.1, 0.15) is 87.5 Å². The topological polar surface area (TPSA) is 187 Å². The zero-order chi connectivity index (χ0) is 43.4. The lowest BCUT2D eigenvalue weighted by Gasteiger charge is -2.36. The summed E-state index contributed by atoms with van der Waals surface area (Å²) < 4.78 is 21.1. The molecule has 0 bridgehead atoms. The minimum Gasteiger partial charge on any atom is -0.369 e. The number of carbonyl (C=O) groups excluding carboxylic acids is 5. The number of carbonyl (C=O) groups is 5. The van der Waals surface area contributed by atoms with Crippen LogP contribution in [0.4, 0.5) is 10.1 Å². The highest BCUT2D eigenvalue weighted by molar-refractivity contribution is 6.23. The van der Waals surface area contributed by atoms with Crippen LogP contribution in [0.15, 0.2) is 77.3 Å². The van der Waals surface area contributed by atoms with Crippen molar-refractivity contribution in [2.45, 2.75) is 65.1 Å². The normalized spacial score (nSPS) is 17.2. The summed E-state index contributed by atoms with van der Waals surface area (Å²) in [7, 11) is 0. The largest absolute Gasteiger partial charge is 0.369 e. The van der Waals surface area contributed by atoms with Crippen molar-refractivity contribution in [1.82, 2.24) is 40.8 Å². The first kappa shape index (κ1) is 40.3. The highest BCUT2D eigenvalue weighted by atomic mass is 19.1. The maximum absolute atomic E-state index is 15.9. The van der Waals surface area contributed by atoms with E-state index in [1.165, 1.54) is 12.1 Å². The van der Waals surface area contributed by atoms with Crippen LogP contribution in [0.5, 0.6) is 0 Å². The number of nitrogens with zero attached hydrogens (tertiary/aromatic N) is 6. The summed E-state index contributed by atoms with van der Waals surface area (Å²) in [5.74, 6) is -3.56. The van der Waals surface area contributed by atoms with Crippen LogP contribution in [0, 0.1) is 12.7 Å². The standard InChI is InChI=1S/C46H44FN9O6/c1-25-21-28(5-6-29(25)23-48-41(59)42-50-45(53-62-42)46(2,3)4)39-33-22-27(10-14-34(33)51-52-39)26-7-11-31(12-8-26)55-19-17-54(18-20-55)24-30-9-13-32-37(38(30)47)44(61)56(43(32)60)35-15-16-36(57)49-40(35)58/h5-14,21-22,35H,15-20,23-24H2,1-4H3,(H,48,59)(H,51,52)(H,49,57,58). The van der Waals surface area contributed by atoms with Gasteiger partial charge in [0, 0.05) is 73.3 Å². The smallest absolute Gasteiger partial charge is 0.315 e. The van der Waals surface area contributed by atoms with Crippen molar-refractivity contribution < 1.29 is 32.9 Å². The molecular weight excluding hydrogens is 794 g/mol. The number of imide groups is 2. The molecule has 1 atom stereocenters. The lowest BCUT2D eigenvalue weighted by molar-refractivity contribution is -0.136. The number of H-pyrrole nitrogens is 1. The van der Waals surface area contributed by atoms with Crippen molar-refractivity contribution in [3.8, 4) is 22.4 Å². The molecule has 1 unspecified atom stereocenters. The Balaban J connectivity index is 0.823. The molecule has 3 N–H and O–H groups in total. The molecule has 62 heavy (non-hydrogen) atoms. The van der Waals surface area contributed by atoms with Gasteiger partial charge in [-0.05, 0) is 72.0 Å². The fraction of sp³-hybridized carbons (Fsp3) is 0.304. The molecule has 6 aromatic rings. The second-order valence-electron chi connectivity index (χ2n) is 17.0. The molecule has 2 saturated heterocycles. The molecule has 2 fully saturated rings. The predicted octanol–water partition coefficient (Wildman–Crippen LogP) is 5.68. The fourth-order valence-corrected chi connectivity index (χ4v) is 8.28. The number of hydrogen-bond donors (Lipinski definition) is 3. The van der Waals surface area contributed by atoms with Crippen molar-refractivity contribution in [2.75, 3.05) is 31.1 Å². The van der Waals surface area contributed by atoms with E-state index in [1.54, 1.807) is 0 Å². The van der Waals surface area contributed by atoms with Gasteiger partial charge in [0.05, 0.1) is 22.3 Å². The Morgan fingerprint density at radius 2 is 1.61 bits per heavy atom. The third-order valence-corrected chi connectivity index (χ3v) is 11.9. The zero-order valence-electron chi connectivity index (χ0n) is 34.7. The van der Waals surface area contributed by atoms with Crippen molar-refractivity contribution >= 4 is 46.1 Å². The molecule has 5 amide bonds. The van der Waals surface area contributed by atoms with E-state index in [4.69, 9.17) is 4.52 Å². The highest BCUT2D eigenvalue weighted by Gasteiger charge is 2.46. The molecule has 9 rings (SSSR count). The second-order valence-corrected chi connectivity index (χ2v) is 17.0. The number of hydrogen-bond acceptors (Lipinski definition) is 11. The molecule has 3 aliphatic heterocycles. The van der Waals surface area contributed by atoms with Gasteiger partial charge in [-0.15, -0.1) is 0 Å². The van der Waals surface area contributed by atoms with Gasteiger partial charge in [-0.1, -0.05) is 62.3 Å². The molecule has 16 heteroatoms. The van der Waals surface area contributed by atoms with Crippen LogP contribution >= 0.6 is 0 Å². The Labute approximate surface area is 355 Å². The van der Waals surface area contributed by atoms with Gasteiger partial charge in [0.25, 0.3) is 11.8 Å². The van der Waals surface area contributed by atoms with E-state index >= 15 is 4.39 Å². The summed E-state index contributed by atoms with van der Waals surface area (Å²) >= 11 is 0. The minimum atomic E-state index is -1.15. The van der Waals surface area contributed by atoms with E-state index < -0.39 is 41.4 Å². The monoisotopic (exact) mass is 837 g/mol. The Bertz CT molecular complexity index is 2800. The van der Waals surface area contributed by atoms with E-state index in [-0.39, 0.29) is 41.8 Å². The molecule has 2 aromatic heterocycles. The van der Waals surface area contributed by atoms with Gasteiger partial charge in [0.15, 0.2) is 5.82 Å². The average Bonchev–Trinajstić information content (AvgIpc) is 3.99. The number of aromatic amines is 1. The third-order valence-electron chi connectivity index (χ3n) is 11.9. The first-order valence-electron chi connectivity index (χ1n) is 20.5. The first-order valence-corrected chi connectivity index (χ1v) is 20.5. The van der Waals surface area contributed by atoms with Gasteiger partial charge in [-0.3, -0.25) is 44.2 Å². The lowest BCUT2D eigenvalue weighted by atomic mass is 9.96. The number of benzene rings is 4. The molecule has 15 nitrogen and oxygen atoms in total. The number of anilines is 1. The molecule has 4 aromatic carbocycles. The highest BCUT2D eigenvalue weighted by Crippen LogP contribution is 2.34. The van der Waals surface area contributed by atoms with Gasteiger partial charge < -0.3 is 14.7 Å². The summed E-state index contributed by atoms with van der Waals surface area (Å²) in [6.07, 6.45) is -0.00264. The number of halogens is 1. The van der Waals surface area contributed by atoms with Crippen molar-refractivity contribution in [2.24, 2.45) is 0 Å². The van der Waals surface area contributed by atoms with Crippen molar-refractivity contribution in [3.05, 3.63) is 118 Å². The van der Waals surface area contributed by atoms with Gasteiger partial charge >= 0.3 is 11.8 Å². The Hall–Kier alpha value is -7.07. The number of aryl methyl sites for hydroxylation is 1. The van der Waals surface area contributed by atoms with Crippen LogP contribution in [0.25, 0.3) is 33.3 Å². The Morgan fingerprint density at radius 3 is 2.32 bits per heavy atom. The quantitative estimate of drug-likeness (QED) is 0.152. The van der Waals surface area contributed by atoms with Gasteiger partial charge in [0.1, 0.15) is 11.9 Å². The van der Waals surface area contributed by atoms with Crippen LogP contribution < -0.4 is 15.5 Å². The Kier molecular flexibility index (Phi) is 10.3. The lowest BCUT2D eigenvalue weighted by Crippen LogP contribution is -2.54. The van der Waals surface area contributed by atoms with Gasteiger partial charge in [-0.2, -0.15) is 10.1 Å². The van der Waals surface area contributed by atoms with Crippen LogP contribution in [0.2, 0.25) is 0 Å². The van der Waals surface area contributed by atoms with Crippen molar-refractivity contribution in [1.29, 1.82) is 0 Å². The number of rotatable bonds is 9. The molecule has 0 spiro atoms. The summed E-state index contributed by atoms with van der Waals surface area (Å²) in [6.45, 7) is 11.1. The van der Waals surface area contributed by atoms with Crippen LogP contribution in [-0.2, 0) is 28.1 Å². The number of amides is 5. The maximum atomic E-state index is 15.9. The van der Waals surface area contributed by atoms with Gasteiger partial charge in [0.2, 0.25) is 11.8 Å². The third kappa shape index (κ3) is 7.50. The molecule has 0 saturated carbocycles. The Morgan fingerprint density at radius 1 is 0.887 bits per heavy atom. The molecule has 0 radical (unpaired) electrons. The minimum absolute atomic E-state index is 0.00627. The number of aromatic nitrogens is 4. The van der Waals surface area contributed by atoms with Gasteiger partial charge in [-0.25, -0.2) is 4.39 Å². The number of fused-ring (bicyclic) bond motifs is 2. The molecule has 316 valence electrons. The number of piperazine rings is 1. The molecular formula is C46H44FN9O6. The second kappa shape index (κ2) is 15.8. The summed E-state index contributed by atoms with van der Waals surface area (Å²) in [4.78, 5) is 72.6. The van der Waals surface area contributed by atoms with E-state index in [2.05, 4.69) is 83.2 Å². The van der Waals surface area contributed by atoms with Crippen LogP contribution in [0.3, 0.4) is 0 Å². The number of nitrogens with one attached hydrogen (secondary N) is 3. The molecule has 5 heterocycles. The van der Waals surface area contributed by atoms with E-state index in [9.17, 15) is 24.0 Å². The van der Waals surface area contributed by atoms with Crippen LogP contribution in [-0.4, -0.2) is 91.9 Å². The van der Waals surface area contributed by atoms with E-state index in [1.807, 2.05) is 45.9 Å². The first-order chi connectivity index (χ1) is 29.7.